The van der Waals surface area contributed by atoms with E-state index in [1.807, 2.05) is 25.1 Å². The van der Waals surface area contributed by atoms with Gasteiger partial charge in [0.2, 0.25) is 5.91 Å². The van der Waals surface area contributed by atoms with E-state index >= 15 is 0 Å². The number of nitrogens with zero attached hydrogens (tertiary/aromatic N) is 2. The van der Waals surface area contributed by atoms with Gasteiger partial charge in [-0.25, -0.2) is 0 Å². The number of benzene rings is 1. The predicted octanol–water partition coefficient (Wildman–Crippen LogP) is 1.73. The van der Waals surface area contributed by atoms with Crippen LogP contribution in [0.3, 0.4) is 0 Å². The van der Waals surface area contributed by atoms with Gasteiger partial charge in [0.15, 0.2) is 0 Å². The summed E-state index contributed by atoms with van der Waals surface area (Å²) in [5, 5.41) is 0. The Morgan fingerprint density at radius 3 is 2.67 bits per heavy atom. The minimum Gasteiger partial charge on any atom is -0.496 e. The number of aryl methyl sites for hydroxylation is 1. The van der Waals surface area contributed by atoms with Crippen LogP contribution in [0.15, 0.2) is 18.2 Å². The molecule has 1 aromatic rings. The Morgan fingerprint density at radius 1 is 1.24 bits per heavy atom. The lowest BCUT2D eigenvalue weighted by Crippen LogP contribution is -2.62. The molecule has 2 fully saturated rings. The normalized spacial score (nSPS) is 25.3. The fourth-order valence-corrected chi connectivity index (χ4v) is 3.35. The molecule has 3 rings (SSSR count). The maximum atomic E-state index is 12.7. The second-order valence-electron chi connectivity index (χ2n) is 5.73. The molecule has 2 saturated heterocycles. The summed E-state index contributed by atoms with van der Waals surface area (Å²) in [5.74, 6) is 0.861. The number of rotatable bonds is 2. The summed E-state index contributed by atoms with van der Waals surface area (Å²) in [7, 11) is 1.62. The number of methoxy groups -OCH3 is 1. The van der Waals surface area contributed by atoms with Crippen LogP contribution in [0, 0.1) is 6.92 Å². The Balaban J connectivity index is 1.98. The summed E-state index contributed by atoms with van der Waals surface area (Å²) in [6, 6.07) is 4.87. The van der Waals surface area contributed by atoms with Gasteiger partial charge in [0, 0.05) is 12.2 Å². The number of hydrogen-bond acceptors (Lipinski definition) is 3. The smallest absolute Gasteiger partial charge is 0.250 e. The molecule has 2 heterocycles. The van der Waals surface area contributed by atoms with Crippen molar-refractivity contribution in [1.82, 2.24) is 4.90 Å². The molecule has 112 valence electrons. The number of fused-ring (bicyclic) bond motifs is 1. The minimum absolute atomic E-state index is 0.0316. The zero-order valence-corrected chi connectivity index (χ0v) is 12.6. The summed E-state index contributed by atoms with van der Waals surface area (Å²) in [6.45, 7) is 4.44. The van der Waals surface area contributed by atoms with Crippen LogP contribution >= 0.6 is 0 Å². The van der Waals surface area contributed by atoms with Crippen molar-refractivity contribution >= 4 is 17.5 Å². The molecule has 0 N–H and O–H groups in total. The first kappa shape index (κ1) is 13.9. The summed E-state index contributed by atoms with van der Waals surface area (Å²) in [6.07, 6.45) is 1.67. The van der Waals surface area contributed by atoms with Gasteiger partial charge in [-0.3, -0.25) is 14.5 Å². The minimum atomic E-state index is -0.445. The van der Waals surface area contributed by atoms with Gasteiger partial charge in [-0.2, -0.15) is 0 Å². The molecule has 2 amide bonds. The maximum absolute atomic E-state index is 12.7. The highest BCUT2D eigenvalue weighted by molar-refractivity contribution is 6.08. The van der Waals surface area contributed by atoms with E-state index in [1.54, 1.807) is 23.8 Å². The lowest BCUT2D eigenvalue weighted by molar-refractivity contribution is -0.143. The van der Waals surface area contributed by atoms with Gasteiger partial charge >= 0.3 is 0 Å². The third-order valence-electron chi connectivity index (χ3n) is 4.46. The maximum Gasteiger partial charge on any atom is 0.250 e. The van der Waals surface area contributed by atoms with Crippen LogP contribution in [-0.4, -0.2) is 42.5 Å². The molecule has 1 aromatic carbocycles. The number of amides is 2. The molecular formula is C16H20N2O3. The first-order chi connectivity index (χ1) is 10.0. The third-order valence-corrected chi connectivity index (χ3v) is 4.46. The first-order valence-corrected chi connectivity index (χ1v) is 7.33. The van der Waals surface area contributed by atoms with E-state index in [1.165, 1.54) is 0 Å². The van der Waals surface area contributed by atoms with Gasteiger partial charge in [-0.1, -0.05) is 0 Å². The van der Waals surface area contributed by atoms with Gasteiger partial charge in [0.05, 0.1) is 7.11 Å². The second kappa shape index (κ2) is 5.06. The SMILES string of the molecule is COc1ccc(N2C(=O)C3CCCN3C(=O)C2C)cc1C. The molecule has 5 heteroatoms. The Morgan fingerprint density at radius 2 is 2.00 bits per heavy atom. The van der Waals surface area contributed by atoms with E-state index in [0.717, 1.165) is 29.8 Å². The highest BCUT2D eigenvalue weighted by atomic mass is 16.5. The van der Waals surface area contributed by atoms with E-state index in [2.05, 4.69) is 0 Å². The molecule has 0 spiro atoms. The third kappa shape index (κ3) is 2.07. The number of ether oxygens (including phenoxy) is 1. The lowest BCUT2D eigenvalue weighted by atomic mass is 10.0. The molecule has 0 radical (unpaired) electrons. The standard InChI is InChI=1S/C16H20N2O3/c1-10-9-12(6-7-14(10)21-3)18-11(2)15(19)17-8-4-5-13(17)16(18)20/h6-7,9,11,13H,4-5,8H2,1-3H3. The van der Waals surface area contributed by atoms with Gasteiger partial charge in [-0.05, 0) is 50.5 Å². The average Bonchev–Trinajstić information content (AvgIpc) is 2.95. The quantitative estimate of drug-likeness (QED) is 0.832. The number of hydrogen-bond donors (Lipinski definition) is 0. The fraction of sp³-hybridized carbons (Fsp3) is 0.500. The topological polar surface area (TPSA) is 49.9 Å². The molecule has 2 aliphatic heterocycles. The molecular weight excluding hydrogens is 268 g/mol. The van der Waals surface area contributed by atoms with Crippen molar-refractivity contribution in [2.75, 3.05) is 18.6 Å². The molecule has 2 aliphatic rings. The fourth-order valence-electron chi connectivity index (χ4n) is 3.35. The average molecular weight is 288 g/mol. The molecule has 0 bridgehead atoms. The molecule has 0 aliphatic carbocycles. The summed E-state index contributed by atoms with van der Waals surface area (Å²) >= 11 is 0. The van der Waals surface area contributed by atoms with Crippen LogP contribution in [0.4, 0.5) is 5.69 Å². The largest absolute Gasteiger partial charge is 0.496 e. The van der Waals surface area contributed by atoms with Gasteiger partial charge in [0.25, 0.3) is 5.91 Å². The van der Waals surface area contributed by atoms with E-state index in [4.69, 9.17) is 4.74 Å². The molecule has 0 aromatic heterocycles. The van der Waals surface area contributed by atoms with E-state index in [0.29, 0.717) is 6.54 Å². The van der Waals surface area contributed by atoms with Crippen molar-refractivity contribution in [3.05, 3.63) is 23.8 Å². The zero-order valence-electron chi connectivity index (χ0n) is 12.6. The monoisotopic (exact) mass is 288 g/mol. The van der Waals surface area contributed by atoms with Crippen LogP contribution in [0.25, 0.3) is 0 Å². The van der Waals surface area contributed by atoms with E-state index in [9.17, 15) is 9.59 Å². The van der Waals surface area contributed by atoms with Gasteiger partial charge in [0.1, 0.15) is 17.8 Å². The first-order valence-electron chi connectivity index (χ1n) is 7.33. The van der Waals surface area contributed by atoms with Crippen molar-refractivity contribution in [3.63, 3.8) is 0 Å². The highest BCUT2D eigenvalue weighted by Gasteiger charge is 2.46. The molecule has 2 unspecified atom stereocenters. The van der Waals surface area contributed by atoms with Crippen LogP contribution in [0.2, 0.25) is 0 Å². The number of carbonyl (C=O) groups excluding carboxylic acids is 2. The van der Waals surface area contributed by atoms with Crippen molar-refractivity contribution in [2.24, 2.45) is 0 Å². The summed E-state index contributed by atoms with van der Waals surface area (Å²) < 4.78 is 5.25. The van der Waals surface area contributed by atoms with Crippen molar-refractivity contribution < 1.29 is 14.3 Å². The van der Waals surface area contributed by atoms with Crippen LogP contribution in [0.5, 0.6) is 5.75 Å². The highest BCUT2D eigenvalue weighted by Crippen LogP contribution is 2.32. The Bertz CT molecular complexity index is 599. The molecule has 21 heavy (non-hydrogen) atoms. The summed E-state index contributed by atoms with van der Waals surface area (Å²) in [4.78, 5) is 28.6. The number of piperazine rings is 1. The second-order valence-corrected chi connectivity index (χ2v) is 5.73. The van der Waals surface area contributed by atoms with E-state index < -0.39 is 6.04 Å². The lowest BCUT2D eigenvalue weighted by Gasteiger charge is -2.41. The van der Waals surface area contributed by atoms with E-state index in [-0.39, 0.29) is 17.9 Å². The van der Waals surface area contributed by atoms with Crippen LogP contribution in [-0.2, 0) is 9.59 Å². The Hall–Kier alpha value is -2.04. The number of carbonyl (C=O) groups is 2. The van der Waals surface area contributed by atoms with Crippen LogP contribution < -0.4 is 9.64 Å². The Kier molecular flexibility index (Phi) is 3.35. The molecule has 0 saturated carbocycles. The predicted molar refractivity (Wildman–Crippen MR) is 79.4 cm³/mol. The number of anilines is 1. The van der Waals surface area contributed by atoms with Crippen molar-refractivity contribution in [2.45, 2.75) is 38.8 Å². The van der Waals surface area contributed by atoms with Crippen LogP contribution in [0.1, 0.15) is 25.3 Å². The van der Waals surface area contributed by atoms with Crippen molar-refractivity contribution in [3.8, 4) is 5.75 Å². The van der Waals surface area contributed by atoms with Crippen molar-refractivity contribution in [1.29, 1.82) is 0 Å². The Labute approximate surface area is 124 Å². The molecule has 2 atom stereocenters. The van der Waals surface area contributed by atoms with Gasteiger partial charge < -0.3 is 9.64 Å². The van der Waals surface area contributed by atoms with Gasteiger partial charge in [-0.15, -0.1) is 0 Å². The zero-order chi connectivity index (χ0) is 15.1. The summed E-state index contributed by atoms with van der Waals surface area (Å²) in [5.41, 5.74) is 1.72. The molecule has 5 nitrogen and oxygen atoms in total.